The van der Waals surface area contributed by atoms with Gasteiger partial charge in [-0.15, -0.1) is 6.42 Å². The highest BCUT2D eigenvalue weighted by atomic mass is 16.5. The first-order valence-electron chi connectivity index (χ1n) is 9.11. The van der Waals surface area contributed by atoms with Gasteiger partial charge in [0.2, 0.25) is 0 Å². The molecule has 0 bridgehead atoms. The van der Waals surface area contributed by atoms with Crippen LogP contribution in [0.1, 0.15) is 54.4 Å². The highest BCUT2D eigenvalue weighted by Crippen LogP contribution is 2.38. The van der Waals surface area contributed by atoms with Crippen molar-refractivity contribution >= 4 is 11.4 Å². The number of carbonyl (C=O) groups is 1. The zero-order valence-electron chi connectivity index (χ0n) is 15.1. The van der Waals surface area contributed by atoms with Crippen molar-refractivity contribution in [3.8, 4) is 12.3 Å². The number of allylic oxidation sites excluding steroid dienone is 2. The first-order chi connectivity index (χ1) is 12.0. The third-order valence-electron chi connectivity index (χ3n) is 5.48. The molecule has 0 aromatic heterocycles. The summed E-state index contributed by atoms with van der Waals surface area (Å²) in [4.78, 5) is 12.8. The number of rotatable bonds is 3. The van der Waals surface area contributed by atoms with Crippen LogP contribution in [0.3, 0.4) is 0 Å². The van der Waals surface area contributed by atoms with Crippen LogP contribution < -0.4 is 0 Å². The first kappa shape index (κ1) is 17.8. The average molecular weight is 338 g/mol. The summed E-state index contributed by atoms with van der Waals surface area (Å²) in [5.74, 6) is 3.79. The monoisotopic (exact) mass is 338 g/mol. The molecule has 1 saturated heterocycles. The summed E-state index contributed by atoms with van der Waals surface area (Å²) in [5.41, 5.74) is 4.06. The Morgan fingerprint density at radius 1 is 1.16 bits per heavy atom. The summed E-state index contributed by atoms with van der Waals surface area (Å²) in [6.45, 7) is 5.53. The molecule has 1 fully saturated rings. The van der Waals surface area contributed by atoms with Crippen LogP contribution in [-0.4, -0.2) is 24.1 Å². The molecular weight excluding hydrogens is 312 g/mol. The molecule has 1 aliphatic heterocycles. The van der Waals surface area contributed by atoms with Crippen LogP contribution in [0.15, 0.2) is 17.9 Å². The van der Waals surface area contributed by atoms with Crippen molar-refractivity contribution in [2.45, 2.75) is 46.0 Å². The number of carbonyl (C=O) groups excluding carboxylic acids is 1. The van der Waals surface area contributed by atoms with Gasteiger partial charge in [0.1, 0.15) is 5.76 Å². The van der Waals surface area contributed by atoms with Crippen LogP contribution in [0.4, 0.5) is 0 Å². The van der Waals surface area contributed by atoms with E-state index in [2.05, 4.69) is 5.92 Å². The van der Waals surface area contributed by atoms with E-state index in [-0.39, 0.29) is 17.5 Å². The van der Waals surface area contributed by atoms with Gasteiger partial charge < -0.3 is 9.84 Å². The van der Waals surface area contributed by atoms with Gasteiger partial charge in [-0.3, -0.25) is 4.79 Å². The van der Waals surface area contributed by atoms with Gasteiger partial charge in [0.05, 0.1) is 5.57 Å². The molecule has 3 rings (SSSR count). The van der Waals surface area contributed by atoms with Gasteiger partial charge in [0.25, 0.3) is 0 Å². The van der Waals surface area contributed by atoms with Crippen LogP contribution in [0.2, 0.25) is 0 Å². The van der Waals surface area contributed by atoms with Gasteiger partial charge in [0.15, 0.2) is 5.78 Å². The molecule has 0 saturated carbocycles. The third kappa shape index (κ3) is 3.80. The molecule has 0 spiro atoms. The molecule has 1 aromatic rings. The molecule has 1 aromatic carbocycles. The minimum atomic E-state index is 0.0560. The predicted octanol–water partition coefficient (Wildman–Crippen LogP) is 4.35. The van der Waals surface area contributed by atoms with Crippen LogP contribution >= 0.6 is 0 Å². The van der Waals surface area contributed by atoms with Crippen LogP contribution in [0.25, 0.3) is 5.57 Å². The van der Waals surface area contributed by atoms with Gasteiger partial charge in [-0.2, -0.15) is 0 Å². The molecule has 1 N–H and O–H groups in total. The normalized spacial score (nSPS) is 22.1. The Hall–Kier alpha value is -2.05. The summed E-state index contributed by atoms with van der Waals surface area (Å²) in [5, 5.41) is 10.7. The van der Waals surface area contributed by atoms with Gasteiger partial charge in [0, 0.05) is 31.6 Å². The lowest BCUT2D eigenvalue weighted by Gasteiger charge is -2.30. The molecule has 3 nitrogen and oxygen atoms in total. The van der Waals surface area contributed by atoms with E-state index in [9.17, 15) is 9.90 Å². The van der Waals surface area contributed by atoms with Crippen molar-refractivity contribution in [2.75, 3.05) is 13.2 Å². The van der Waals surface area contributed by atoms with Crippen molar-refractivity contribution in [2.24, 2.45) is 11.8 Å². The number of ketones is 1. The number of hydrogen-bond acceptors (Lipinski definition) is 3. The maximum atomic E-state index is 12.8. The molecular formula is C22H26O3. The van der Waals surface area contributed by atoms with E-state index >= 15 is 0 Å². The number of Topliss-reactive ketones (excluding diaryl/α,β-unsaturated/α-hetero) is 1. The minimum Gasteiger partial charge on any atom is -0.512 e. The Morgan fingerprint density at radius 2 is 1.80 bits per heavy atom. The minimum absolute atomic E-state index is 0.0560. The fourth-order valence-corrected chi connectivity index (χ4v) is 4.32. The number of aliphatic hydroxyl groups is 1. The zero-order valence-corrected chi connectivity index (χ0v) is 15.1. The van der Waals surface area contributed by atoms with Crippen molar-refractivity contribution in [1.82, 2.24) is 0 Å². The van der Waals surface area contributed by atoms with E-state index in [0.717, 1.165) is 54.7 Å². The average Bonchev–Trinajstić information content (AvgIpc) is 2.57. The van der Waals surface area contributed by atoms with Crippen molar-refractivity contribution in [1.29, 1.82) is 0 Å². The first-order valence-corrected chi connectivity index (χ1v) is 9.11. The van der Waals surface area contributed by atoms with E-state index in [4.69, 9.17) is 11.2 Å². The number of hydrogen-bond donors (Lipinski definition) is 1. The quantitative estimate of drug-likeness (QED) is 0.834. The molecule has 132 valence electrons. The van der Waals surface area contributed by atoms with Crippen molar-refractivity contribution < 1.29 is 14.6 Å². The molecule has 1 atom stereocenters. The summed E-state index contributed by atoms with van der Waals surface area (Å²) in [7, 11) is 0. The maximum Gasteiger partial charge on any atom is 0.167 e. The van der Waals surface area contributed by atoms with Crippen molar-refractivity contribution in [3.63, 3.8) is 0 Å². The SMILES string of the molecule is C#Cc1cc(C)c(C2=C(O)CC(CC3CCOCC3)CC2=O)c(C)c1. The number of aliphatic hydroxyl groups excluding tert-OH is 1. The summed E-state index contributed by atoms with van der Waals surface area (Å²) in [6.07, 6.45) is 9.73. The smallest absolute Gasteiger partial charge is 0.167 e. The highest BCUT2D eigenvalue weighted by molar-refractivity contribution is 6.22. The Morgan fingerprint density at radius 3 is 2.36 bits per heavy atom. The Kier molecular flexibility index (Phi) is 5.30. The Bertz CT molecular complexity index is 722. The molecule has 1 heterocycles. The van der Waals surface area contributed by atoms with Crippen molar-refractivity contribution in [3.05, 3.63) is 40.1 Å². The number of aryl methyl sites for hydroxylation is 2. The molecule has 2 aliphatic rings. The number of benzene rings is 1. The lowest BCUT2D eigenvalue weighted by atomic mass is 9.77. The number of terminal acetylenes is 1. The van der Waals surface area contributed by atoms with Gasteiger partial charge in [-0.1, -0.05) is 5.92 Å². The largest absolute Gasteiger partial charge is 0.512 e. The van der Waals surface area contributed by atoms with E-state index in [1.54, 1.807) is 0 Å². The standard InChI is InChI=1S/C22H26O3/c1-4-16-9-14(2)21(15(3)10-16)22-19(23)12-18(13-20(22)24)11-17-5-7-25-8-6-17/h1,9-10,17-18,23H,5-8,11-13H2,2-3H3. The van der Waals surface area contributed by atoms with E-state index in [1.165, 1.54) is 0 Å². The predicted molar refractivity (Wildman–Crippen MR) is 99.3 cm³/mol. The van der Waals surface area contributed by atoms with Gasteiger partial charge in [-0.05, 0) is 73.8 Å². The second-order valence-electron chi connectivity index (χ2n) is 7.44. The summed E-state index contributed by atoms with van der Waals surface area (Å²) >= 11 is 0. The third-order valence-corrected chi connectivity index (χ3v) is 5.48. The second kappa shape index (κ2) is 7.45. The van der Waals surface area contributed by atoms with E-state index < -0.39 is 0 Å². The molecule has 0 radical (unpaired) electrons. The second-order valence-corrected chi connectivity index (χ2v) is 7.44. The zero-order chi connectivity index (χ0) is 18.0. The molecule has 25 heavy (non-hydrogen) atoms. The lowest BCUT2D eigenvalue weighted by Crippen LogP contribution is -2.24. The van der Waals surface area contributed by atoms with Crippen LogP contribution in [0, 0.1) is 38.0 Å². The van der Waals surface area contributed by atoms with Gasteiger partial charge in [-0.25, -0.2) is 0 Å². The number of ether oxygens (including phenoxy) is 1. The molecule has 1 aliphatic carbocycles. The maximum absolute atomic E-state index is 12.8. The fourth-order valence-electron chi connectivity index (χ4n) is 4.32. The lowest BCUT2D eigenvalue weighted by molar-refractivity contribution is -0.115. The summed E-state index contributed by atoms with van der Waals surface area (Å²) < 4.78 is 5.41. The fraction of sp³-hybridized carbons (Fsp3) is 0.500. The highest BCUT2D eigenvalue weighted by Gasteiger charge is 2.31. The van der Waals surface area contributed by atoms with Crippen LogP contribution in [-0.2, 0) is 9.53 Å². The van der Waals surface area contributed by atoms with Gasteiger partial charge >= 0.3 is 0 Å². The molecule has 1 unspecified atom stereocenters. The Labute approximate surface area is 150 Å². The molecule has 3 heteroatoms. The summed E-state index contributed by atoms with van der Waals surface area (Å²) in [6, 6.07) is 3.81. The van der Waals surface area contributed by atoms with E-state index in [0.29, 0.717) is 24.3 Å². The topological polar surface area (TPSA) is 46.5 Å². The Balaban J connectivity index is 1.84. The van der Waals surface area contributed by atoms with E-state index in [1.807, 2.05) is 26.0 Å². The van der Waals surface area contributed by atoms with Crippen LogP contribution in [0.5, 0.6) is 0 Å². The molecule has 0 amide bonds.